The van der Waals surface area contributed by atoms with Crippen LogP contribution < -0.4 is 15.4 Å². The van der Waals surface area contributed by atoms with E-state index in [1.165, 1.54) is 6.92 Å². The molecule has 0 aliphatic carbocycles. The largest absolute Gasteiger partial charge is 0.496 e. The average molecular weight is 369 g/mol. The fraction of sp³-hybridized carbons (Fsp3) is 0.333. The lowest BCUT2D eigenvalue weighted by atomic mass is 10.0. The van der Waals surface area contributed by atoms with Gasteiger partial charge in [0.1, 0.15) is 5.75 Å². The third-order valence-corrected chi connectivity index (χ3v) is 4.25. The predicted molar refractivity (Wildman–Crippen MR) is 107 cm³/mol. The Labute approximate surface area is 160 Å². The molecule has 0 bridgehead atoms. The quantitative estimate of drug-likeness (QED) is 0.750. The Morgan fingerprint density at radius 3 is 2.33 bits per heavy atom. The second-order valence-electron chi connectivity index (χ2n) is 6.58. The molecule has 2 rings (SSSR count). The molecular weight excluding hydrogens is 342 g/mol. The van der Waals surface area contributed by atoms with Gasteiger partial charge in [-0.05, 0) is 37.9 Å². The monoisotopic (exact) mass is 369 g/mol. The van der Waals surface area contributed by atoms with Crippen LogP contribution in [-0.4, -0.2) is 44.5 Å². The third-order valence-electron chi connectivity index (χ3n) is 4.25. The number of benzene rings is 2. The van der Waals surface area contributed by atoms with Crippen LogP contribution in [0.25, 0.3) is 0 Å². The van der Waals surface area contributed by atoms with Crippen molar-refractivity contribution < 1.29 is 14.3 Å². The molecule has 144 valence electrons. The number of para-hydroxylation sites is 1. The van der Waals surface area contributed by atoms with Gasteiger partial charge in [0.15, 0.2) is 0 Å². The van der Waals surface area contributed by atoms with Crippen LogP contribution in [0, 0.1) is 0 Å². The summed E-state index contributed by atoms with van der Waals surface area (Å²) in [6.45, 7) is 1.94. The molecule has 0 radical (unpaired) electrons. The molecule has 2 amide bonds. The van der Waals surface area contributed by atoms with E-state index < -0.39 is 0 Å². The standard InChI is InChI=1S/C21H27N3O3/c1-15(25)23-17-11-9-16(10-12-17)13-21(26)22-14-19(24(2)3)18-7-5-6-8-20(18)27-4/h5-12,19H,13-14H2,1-4H3,(H,22,26)(H,23,25). The molecule has 0 spiro atoms. The zero-order chi connectivity index (χ0) is 19.8. The lowest BCUT2D eigenvalue weighted by Crippen LogP contribution is -2.35. The molecule has 0 aliphatic rings. The first kappa shape index (κ1) is 20.5. The van der Waals surface area contributed by atoms with Gasteiger partial charge in [0.2, 0.25) is 11.8 Å². The number of hydrogen-bond donors (Lipinski definition) is 2. The summed E-state index contributed by atoms with van der Waals surface area (Å²) in [4.78, 5) is 25.5. The van der Waals surface area contributed by atoms with Crippen molar-refractivity contribution >= 4 is 17.5 Å². The maximum Gasteiger partial charge on any atom is 0.224 e. The van der Waals surface area contributed by atoms with Gasteiger partial charge >= 0.3 is 0 Å². The molecule has 1 atom stereocenters. The maximum atomic E-state index is 12.4. The molecule has 2 N–H and O–H groups in total. The van der Waals surface area contributed by atoms with E-state index in [2.05, 4.69) is 15.5 Å². The zero-order valence-electron chi connectivity index (χ0n) is 16.3. The van der Waals surface area contributed by atoms with Crippen LogP contribution in [-0.2, 0) is 16.0 Å². The molecule has 0 fully saturated rings. The molecule has 0 saturated heterocycles. The highest BCUT2D eigenvalue weighted by atomic mass is 16.5. The number of amides is 2. The van der Waals surface area contributed by atoms with Crippen LogP contribution in [0.2, 0.25) is 0 Å². The minimum absolute atomic E-state index is 0.00671. The number of likely N-dealkylation sites (N-methyl/N-ethyl adjacent to an activating group) is 1. The minimum atomic E-state index is -0.119. The fourth-order valence-electron chi connectivity index (χ4n) is 2.88. The molecular formula is C21H27N3O3. The Morgan fingerprint density at radius 1 is 1.07 bits per heavy atom. The summed E-state index contributed by atoms with van der Waals surface area (Å²) < 4.78 is 5.45. The number of nitrogens with one attached hydrogen (secondary N) is 2. The van der Waals surface area contributed by atoms with Crippen LogP contribution in [0.15, 0.2) is 48.5 Å². The Bertz CT molecular complexity index is 772. The molecule has 6 heteroatoms. The van der Waals surface area contributed by atoms with Gasteiger partial charge in [-0.3, -0.25) is 9.59 Å². The van der Waals surface area contributed by atoms with Crippen LogP contribution in [0.4, 0.5) is 5.69 Å². The first-order chi connectivity index (χ1) is 12.9. The Balaban J connectivity index is 1.97. The normalized spacial score (nSPS) is 11.7. The molecule has 2 aromatic rings. The second-order valence-corrected chi connectivity index (χ2v) is 6.58. The summed E-state index contributed by atoms with van der Waals surface area (Å²) in [7, 11) is 5.60. The number of ether oxygens (including phenoxy) is 1. The molecule has 1 unspecified atom stereocenters. The van der Waals surface area contributed by atoms with E-state index in [1.54, 1.807) is 19.2 Å². The van der Waals surface area contributed by atoms with Gasteiger partial charge in [0.25, 0.3) is 0 Å². The van der Waals surface area contributed by atoms with Gasteiger partial charge in [-0.15, -0.1) is 0 Å². The summed E-state index contributed by atoms with van der Waals surface area (Å²) in [6.07, 6.45) is 0.284. The van der Waals surface area contributed by atoms with E-state index in [0.29, 0.717) is 6.54 Å². The molecule has 27 heavy (non-hydrogen) atoms. The van der Waals surface area contributed by atoms with E-state index >= 15 is 0 Å². The van der Waals surface area contributed by atoms with Crippen molar-refractivity contribution in [3.8, 4) is 5.75 Å². The van der Waals surface area contributed by atoms with Crippen molar-refractivity contribution in [3.05, 3.63) is 59.7 Å². The lowest BCUT2D eigenvalue weighted by molar-refractivity contribution is -0.120. The molecule has 0 aliphatic heterocycles. The van der Waals surface area contributed by atoms with Gasteiger partial charge in [0, 0.05) is 24.7 Å². The Kier molecular flexibility index (Phi) is 7.37. The SMILES string of the molecule is COc1ccccc1C(CNC(=O)Cc1ccc(NC(C)=O)cc1)N(C)C. The fourth-order valence-corrected chi connectivity index (χ4v) is 2.88. The van der Waals surface area contributed by atoms with Crippen molar-refractivity contribution in [2.75, 3.05) is 33.1 Å². The van der Waals surface area contributed by atoms with E-state index in [0.717, 1.165) is 22.6 Å². The lowest BCUT2D eigenvalue weighted by Gasteiger charge is -2.26. The van der Waals surface area contributed by atoms with Crippen molar-refractivity contribution in [1.29, 1.82) is 0 Å². The molecule has 6 nitrogen and oxygen atoms in total. The van der Waals surface area contributed by atoms with E-state index in [-0.39, 0.29) is 24.3 Å². The minimum Gasteiger partial charge on any atom is -0.496 e. The average Bonchev–Trinajstić information content (AvgIpc) is 2.63. The topological polar surface area (TPSA) is 70.7 Å². The number of carbonyl (C=O) groups excluding carboxylic acids is 2. The highest BCUT2D eigenvalue weighted by Crippen LogP contribution is 2.27. The van der Waals surface area contributed by atoms with Gasteiger partial charge in [-0.25, -0.2) is 0 Å². The smallest absolute Gasteiger partial charge is 0.224 e. The first-order valence-corrected chi connectivity index (χ1v) is 8.83. The number of hydrogen-bond acceptors (Lipinski definition) is 4. The van der Waals surface area contributed by atoms with Crippen molar-refractivity contribution in [2.24, 2.45) is 0 Å². The van der Waals surface area contributed by atoms with Crippen LogP contribution >= 0.6 is 0 Å². The molecule has 0 saturated carbocycles. The summed E-state index contributed by atoms with van der Waals surface area (Å²) in [5.74, 6) is 0.634. The van der Waals surface area contributed by atoms with Crippen LogP contribution in [0.3, 0.4) is 0 Å². The number of carbonyl (C=O) groups is 2. The van der Waals surface area contributed by atoms with E-state index in [9.17, 15) is 9.59 Å². The summed E-state index contributed by atoms with van der Waals surface area (Å²) in [5.41, 5.74) is 2.64. The summed E-state index contributed by atoms with van der Waals surface area (Å²) in [5, 5.41) is 5.71. The molecule has 0 aromatic heterocycles. The zero-order valence-corrected chi connectivity index (χ0v) is 16.3. The van der Waals surface area contributed by atoms with Crippen molar-refractivity contribution in [1.82, 2.24) is 10.2 Å². The van der Waals surface area contributed by atoms with E-state index in [4.69, 9.17) is 4.74 Å². The Hall–Kier alpha value is -2.86. The van der Waals surface area contributed by atoms with Gasteiger partial charge < -0.3 is 20.3 Å². The van der Waals surface area contributed by atoms with Gasteiger partial charge in [-0.1, -0.05) is 30.3 Å². The van der Waals surface area contributed by atoms with Crippen LogP contribution in [0.5, 0.6) is 5.75 Å². The van der Waals surface area contributed by atoms with Crippen LogP contribution in [0.1, 0.15) is 24.1 Å². The van der Waals surface area contributed by atoms with Crippen molar-refractivity contribution in [2.45, 2.75) is 19.4 Å². The molecule has 0 heterocycles. The van der Waals surface area contributed by atoms with E-state index in [1.807, 2.05) is 50.5 Å². The summed E-state index contributed by atoms with van der Waals surface area (Å²) in [6, 6.07) is 15.1. The van der Waals surface area contributed by atoms with Crippen molar-refractivity contribution in [3.63, 3.8) is 0 Å². The Morgan fingerprint density at radius 2 is 1.74 bits per heavy atom. The molecule has 2 aromatic carbocycles. The number of rotatable bonds is 8. The number of methoxy groups -OCH3 is 1. The maximum absolute atomic E-state index is 12.4. The predicted octanol–water partition coefficient (Wildman–Crippen LogP) is 2.62. The summed E-state index contributed by atoms with van der Waals surface area (Å²) >= 11 is 0. The number of nitrogens with zero attached hydrogens (tertiary/aromatic N) is 1. The highest BCUT2D eigenvalue weighted by molar-refractivity contribution is 5.88. The number of anilines is 1. The van der Waals surface area contributed by atoms with Gasteiger partial charge in [-0.2, -0.15) is 0 Å². The highest BCUT2D eigenvalue weighted by Gasteiger charge is 2.19. The van der Waals surface area contributed by atoms with Gasteiger partial charge in [0.05, 0.1) is 19.6 Å². The third kappa shape index (κ3) is 6.11. The second kappa shape index (κ2) is 9.73. The first-order valence-electron chi connectivity index (χ1n) is 8.83.